The van der Waals surface area contributed by atoms with Crippen molar-refractivity contribution in [1.29, 1.82) is 0 Å². The van der Waals surface area contributed by atoms with E-state index in [0.717, 1.165) is 12.1 Å². The molecule has 22 heavy (non-hydrogen) atoms. The highest BCUT2D eigenvalue weighted by molar-refractivity contribution is 5.79. The van der Waals surface area contributed by atoms with Crippen molar-refractivity contribution in [3.8, 4) is 5.75 Å². The van der Waals surface area contributed by atoms with E-state index in [1.807, 2.05) is 0 Å². The summed E-state index contributed by atoms with van der Waals surface area (Å²) in [5, 5.41) is 3.80. The maximum Gasteiger partial charge on any atom is 0.416 e. The number of aromatic nitrogens is 1. The molecule has 0 spiro atoms. The van der Waals surface area contributed by atoms with Crippen molar-refractivity contribution in [1.82, 2.24) is 4.98 Å². The SMILES string of the molecule is FC(F)(F)c1ccc([C@H]2CC(Oc3cccnc3)=NO2)cc1. The van der Waals surface area contributed by atoms with Gasteiger partial charge in [0, 0.05) is 6.20 Å². The Morgan fingerprint density at radius 2 is 1.91 bits per heavy atom. The van der Waals surface area contributed by atoms with Crippen LogP contribution < -0.4 is 4.74 Å². The van der Waals surface area contributed by atoms with Gasteiger partial charge in [0.05, 0.1) is 18.2 Å². The third kappa shape index (κ3) is 3.19. The molecule has 0 fully saturated rings. The summed E-state index contributed by atoms with van der Waals surface area (Å²) < 4.78 is 43.1. The smallest absolute Gasteiger partial charge is 0.416 e. The van der Waals surface area contributed by atoms with E-state index in [-0.39, 0.29) is 0 Å². The van der Waals surface area contributed by atoms with Crippen LogP contribution in [0.5, 0.6) is 5.75 Å². The zero-order valence-electron chi connectivity index (χ0n) is 11.2. The number of oxime groups is 1. The number of nitrogens with zero attached hydrogens (tertiary/aromatic N) is 2. The summed E-state index contributed by atoms with van der Waals surface area (Å²) in [6.45, 7) is 0. The highest BCUT2D eigenvalue weighted by Crippen LogP contribution is 2.32. The topological polar surface area (TPSA) is 43.7 Å². The number of benzene rings is 1. The van der Waals surface area contributed by atoms with E-state index < -0.39 is 17.8 Å². The average molecular weight is 308 g/mol. The van der Waals surface area contributed by atoms with Gasteiger partial charge in [-0.1, -0.05) is 17.3 Å². The van der Waals surface area contributed by atoms with Crippen molar-refractivity contribution >= 4 is 5.90 Å². The first kappa shape index (κ1) is 14.4. The van der Waals surface area contributed by atoms with Crippen LogP contribution in [0.2, 0.25) is 0 Å². The van der Waals surface area contributed by atoms with Crippen molar-refractivity contribution in [2.24, 2.45) is 5.16 Å². The molecule has 1 aromatic heterocycles. The van der Waals surface area contributed by atoms with Gasteiger partial charge in [0.15, 0.2) is 6.10 Å². The van der Waals surface area contributed by atoms with Crippen molar-refractivity contribution in [2.45, 2.75) is 18.7 Å². The summed E-state index contributed by atoms with van der Waals surface area (Å²) in [6.07, 6.45) is -1.30. The van der Waals surface area contributed by atoms with Crippen molar-refractivity contribution in [3.05, 3.63) is 59.9 Å². The molecule has 0 radical (unpaired) electrons. The van der Waals surface area contributed by atoms with Crippen LogP contribution in [0.25, 0.3) is 0 Å². The molecule has 0 aliphatic carbocycles. The van der Waals surface area contributed by atoms with Crippen LogP contribution in [0.1, 0.15) is 23.7 Å². The van der Waals surface area contributed by atoms with E-state index in [4.69, 9.17) is 9.57 Å². The van der Waals surface area contributed by atoms with Gasteiger partial charge in [0.1, 0.15) is 5.75 Å². The number of ether oxygens (including phenoxy) is 1. The molecule has 7 heteroatoms. The Morgan fingerprint density at radius 1 is 1.14 bits per heavy atom. The summed E-state index contributed by atoms with van der Waals surface area (Å²) in [4.78, 5) is 9.12. The van der Waals surface area contributed by atoms with E-state index in [9.17, 15) is 13.2 Å². The van der Waals surface area contributed by atoms with Crippen molar-refractivity contribution in [3.63, 3.8) is 0 Å². The van der Waals surface area contributed by atoms with Gasteiger partial charge in [0.25, 0.3) is 0 Å². The fourth-order valence-electron chi connectivity index (χ4n) is 2.02. The molecule has 2 heterocycles. The second-order valence-corrected chi connectivity index (χ2v) is 4.69. The number of alkyl halides is 3. The summed E-state index contributed by atoms with van der Waals surface area (Å²) in [6, 6.07) is 8.27. The van der Waals surface area contributed by atoms with E-state index in [1.54, 1.807) is 18.3 Å². The van der Waals surface area contributed by atoms with E-state index >= 15 is 0 Å². The van der Waals surface area contributed by atoms with Gasteiger partial charge in [-0.3, -0.25) is 4.98 Å². The van der Waals surface area contributed by atoms with Crippen LogP contribution in [0.15, 0.2) is 53.9 Å². The molecule has 0 saturated carbocycles. The van der Waals surface area contributed by atoms with Gasteiger partial charge in [-0.2, -0.15) is 13.2 Å². The Hall–Kier alpha value is -2.57. The molecule has 0 amide bonds. The summed E-state index contributed by atoms with van der Waals surface area (Å²) in [7, 11) is 0. The van der Waals surface area contributed by atoms with Gasteiger partial charge < -0.3 is 9.57 Å². The van der Waals surface area contributed by atoms with E-state index in [2.05, 4.69) is 10.1 Å². The molecule has 0 N–H and O–H groups in total. The fraction of sp³-hybridized carbons (Fsp3) is 0.200. The van der Waals surface area contributed by atoms with Crippen LogP contribution in [0.3, 0.4) is 0 Å². The molecular weight excluding hydrogens is 297 g/mol. The average Bonchev–Trinajstić information content (AvgIpc) is 2.96. The molecular formula is C15H11F3N2O2. The van der Waals surface area contributed by atoms with Crippen LogP contribution in [-0.4, -0.2) is 10.9 Å². The maximum atomic E-state index is 12.5. The first-order valence-electron chi connectivity index (χ1n) is 6.50. The van der Waals surface area contributed by atoms with Crippen LogP contribution >= 0.6 is 0 Å². The van der Waals surface area contributed by atoms with Crippen molar-refractivity contribution < 1.29 is 22.7 Å². The third-order valence-electron chi connectivity index (χ3n) is 3.12. The maximum absolute atomic E-state index is 12.5. The quantitative estimate of drug-likeness (QED) is 0.843. The lowest BCUT2D eigenvalue weighted by molar-refractivity contribution is -0.137. The second-order valence-electron chi connectivity index (χ2n) is 4.69. The highest BCUT2D eigenvalue weighted by atomic mass is 19.4. The third-order valence-corrected chi connectivity index (χ3v) is 3.12. The van der Waals surface area contributed by atoms with Gasteiger partial charge in [0.2, 0.25) is 5.90 Å². The molecule has 4 nitrogen and oxygen atoms in total. The zero-order valence-corrected chi connectivity index (χ0v) is 11.2. The second kappa shape index (κ2) is 5.67. The Labute approximate surface area is 124 Å². The lowest BCUT2D eigenvalue weighted by atomic mass is 10.0. The van der Waals surface area contributed by atoms with Crippen LogP contribution in [0, 0.1) is 0 Å². The minimum atomic E-state index is -4.35. The lowest BCUT2D eigenvalue weighted by Gasteiger charge is -2.10. The molecule has 114 valence electrons. The Morgan fingerprint density at radius 3 is 2.55 bits per heavy atom. The Balaban J connectivity index is 1.64. The first-order chi connectivity index (χ1) is 10.5. The standard InChI is InChI=1S/C15H11F3N2O2/c16-15(17,18)11-5-3-10(4-6-11)13-8-14(20-22-13)21-12-2-1-7-19-9-12/h1-7,9,13H,8H2/t13-/m1/s1. The summed E-state index contributed by atoms with van der Waals surface area (Å²) in [5.41, 5.74) is -0.0801. The number of hydrogen-bond acceptors (Lipinski definition) is 4. The number of hydrogen-bond donors (Lipinski definition) is 0. The number of halogens is 3. The molecule has 0 saturated heterocycles. The normalized spacial score (nSPS) is 17.8. The van der Waals surface area contributed by atoms with Crippen molar-refractivity contribution in [2.75, 3.05) is 0 Å². The van der Waals surface area contributed by atoms with Gasteiger partial charge in [-0.25, -0.2) is 0 Å². The summed E-state index contributed by atoms with van der Waals surface area (Å²) >= 11 is 0. The molecule has 2 aromatic rings. The minimum Gasteiger partial charge on any atom is -0.438 e. The number of pyridine rings is 1. The Bertz CT molecular complexity index is 669. The molecule has 1 aliphatic heterocycles. The molecule has 1 aliphatic rings. The molecule has 0 unspecified atom stereocenters. The summed E-state index contributed by atoms with van der Waals surface area (Å²) in [5.74, 6) is 0.885. The monoisotopic (exact) mass is 308 g/mol. The highest BCUT2D eigenvalue weighted by Gasteiger charge is 2.31. The lowest BCUT2D eigenvalue weighted by Crippen LogP contribution is -2.08. The molecule has 3 rings (SSSR count). The fourth-order valence-corrected chi connectivity index (χ4v) is 2.02. The largest absolute Gasteiger partial charge is 0.438 e. The molecule has 1 atom stereocenters. The van der Waals surface area contributed by atoms with Gasteiger partial charge in [-0.05, 0) is 29.8 Å². The zero-order chi connectivity index (χ0) is 15.6. The predicted octanol–water partition coefficient (Wildman–Crippen LogP) is 3.95. The molecule has 1 aromatic carbocycles. The van der Waals surface area contributed by atoms with E-state index in [0.29, 0.717) is 23.6 Å². The Kier molecular flexibility index (Phi) is 3.70. The predicted molar refractivity (Wildman–Crippen MR) is 72.2 cm³/mol. The molecule has 0 bridgehead atoms. The number of rotatable bonds is 2. The minimum absolute atomic E-state index is 0.347. The van der Waals surface area contributed by atoms with Crippen LogP contribution in [0.4, 0.5) is 13.2 Å². The van der Waals surface area contributed by atoms with Gasteiger partial charge in [-0.15, -0.1) is 0 Å². The van der Waals surface area contributed by atoms with Crippen LogP contribution in [-0.2, 0) is 11.0 Å². The van der Waals surface area contributed by atoms with E-state index in [1.165, 1.54) is 18.3 Å². The van der Waals surface area contributed by atoms with Gasteiger partial charge >= 0.3 is 6.18 Å². The first-order valence-corrected chi connectivity index (χ1v) is 6.50.